The van der Waals surface area contributed by atoms with Gasteiger partial charge >= 0.3 is 11.9 Å². The molecule has 0 N–H and O–H groups in total. The average molecular weight is 274 g/mol. The zero-order valence-corrected chi connectivity index (χ0v) is 11.6. The third-order valence-electron chi connectivity index (χ3n) is 2.92. The maximum Gasteiger partial charge on any atom is 0.335 e. The lowest BCUT2D eigenvalue weighted by Gasteiger charge is -2.10. The Kier molecular flexibility index (Phi) is 7.43. The summed E-state index contributed by atoms with van der Waals surface area (Å²) in [4.78, 5) is 22.4. The van der Waals surface area contributed by atoms with Gasteiger partial charge in [0.25, 0.3) is 0 Å². The molecule has 0 saturated carbocycles. The number of ether oxygens (including phenoxy) is 4. The first-order valence-corrected chi connectivity index (χ1v) is 6.67. The van der Waals surface area contributed by atoms with Gasteiger partial charge < -0.3 is 18.9 Å². The topological polar surface area (TPSA) is 71.1 Å². The fourth-order valence-electron chi connectivity index (χ4n) is 1.49. The Morgan fingerprint density at radius 1 is 1.37 bits per heavy atom. The first-order chi connectivity index (χ1) is 9.15. The van der Waals surface area contributed by atoms with Crippen LogP contribution >= 0.6 is 0 Å². The van der Waals surface area contributed by atoms with Gasteiger partial charge in [-0.05, 0) is 6.42 Å². The normalized spacial score (nSPS) is 20.1. The van der Waals surface area contributed by atoms with Crippen LogP contribution in [0.25, 0.3) is 0 Å². The van der Waals surface area contributed by atoms with Crippen LogP contribution in [-0.4, -0.2) is 51.1 Å². The van der Waals surface area contributed by atoms with Crippen molar-refractivity contribution < 1.29 is 28.5 Å². The van der Waals surface area contributed by atoms with Gasteiger partial charge in [-0.15, -0.1) is 0 Å². The van der Waals surface area contributed by atoms with Crippen LogP contribution in [0.4, 0.5) is 0 Å². The Hall–Kier alpha value is -1.14. The van der Waals surface area contributed by atoms with Crippen LogP contribution in [0.3, 0.4) is 0 Å². The van der Waals surface area contributed by atoms with Crippen LogP contribution in [0.15, 0.2) is 0 Å². The first-order valence-electron chi connectivity index (χ1n) is 6.67. The van der Waals surface area contributed by atoms with Crippen LogP contribution in [-0.2, 0) is 28.5 Å². The summed E-state index contributed by atoms with van der Waals surface area (Å²) in [6.45, 7) is 5.47. The SMILES string of the molecule is CCC(C)C(=O)OCCOCCOC1CCOC1=O. The number of rotatable bonds is 9. The number of hydrogen-bond donors (Lipinski definition) is 0. The zero-order chi connectivity index (χ0) is 14.1. The van der Waals surface area contributed by atoms with Crippen LogP contribution in [0.2, 0.25) is 0 Å². The highest BCUT2D eigenvalue weighted by atomic mass is 16.6. The number of cyclic esters (lactones) is 1. The molecule has 0 bridgehead atoms. The Balaban J connectivity index is 1.91. The van der Waals surface area contributed by atoms with E-state index < -0.39 is 6.10 Å². The van der Waals surface area contributed by atoms with Gasteiger partial charge in [0.05, 0.1) is 32.3 Å². The second-order valence-electron chi connectivity index (χ2n) is 4.40. The second kappa shape index (κ2) is 8.87. The zero-order valence-electron chi connectivity index (χ0n) is 11.6. The van der Waals surface area contributed by atoms with Gasteiger partial charge in [0, 0.05) is 6.42 Å². The van der Waals surface area contributed by atoms with E-state index in [1.807, 2.05) is 13.8 Å². The minimum absolute atomic E-state index is 0.0725. The summed E-state index contributed by atoms with van der Waals surface area (Å²) in [6.07, 6.45) is 0.919. The van der Waals surface area contributed by atoms with Crippen LogP contribution in [0.1, 0.15) is 26.7 Å². The molecule has 1 saturated heterocycles. The Bertz CT molecular complexity index is 291. The van der Waals surface area contributed by atoms with Crippen molar-refractivity contribution in [1.82, 2.24) is 0 Å². The average Bonchev–Trinajstić information content (AvgIpc) is 2.82. The molecule has 0 spiro atoms. The smallest absolute Gasteiger partial charge is 0.335 e. The van der Waals surface area contributed by atoms with Crippen molar-refractivity contribution in [2.75, 3.05) is 33.0 Å². The number of carbonyl (C=O) groups is 2. The van der Waals surface area contributed by atoms with Crippen molar-refractivity contribution >= 4 is 11.9 Å². The molecule has 2 atom stereocenters. The molecule has 6 heteroatoms. The maximum atomic E-state index is 11.3. The van der Waals surface area contributed by atoms with E-state index in [-0.39, 0.29) is 24.5 Å². The summed E-state index contributed by atoms with van der Waals surface area (Å²) in [5, 5.41) is 0. The lowest BCUT2D eigenvalue weighted by Crippen LogP contribution is -2.22. The largest absolute Gasteiger partial charge is 0.464 e. The van der Waals surface area contributed by atoms with Crippen molar-refractivity contribution in [3.8, 4) is 0 Å². The van der Waals surface area contributed by atoms with E-state index >= 15 is 0 Å². The minimum atomic E-state index is -0.452. The van der Waals surface area contributed by atoms with E-state index in [4.69, 9.17) is 18.9 Å². The van der Waals surface area contributed by atoms with E-state index in [1.165, 1.54) is 0 Å². The van der Waals surface area contributed by atoms with Crippen LogP contribution in [0, 0.1) is 5.92 Å². The molecule has 6 nitrogen and oxygen atoms in total. The molecular formula is C13H22O6. The molecule has 0 aromatic heterocycles. The van der Waals surface area contributed by atoms with E-state index in [0.29, 0.717) is 32.8 Å². The van der Waals surface area contributed by atoms with E-state index in [9.17, 15) is 9.59 Å². The molecule has 0 aliphatic carbocycles. The van der Waals surface area contributed by atoms with E-state index in [2.05, 4.69) is 0 Å². The van der Waals surface area contributed by atoms with Gasteiger partial charge in [0.15, 0.2) is 6.10 Å². The summed E-state index contributed by atoms with van der Waals surface area (Å²) in [5.41, 5.74) is 0. The van der Waals surface area contributed by atoms with Gasteiger partial charge in [-0.25, -0.2) is 4.79 Å². The summed E-state index contributed by atoms with van der Waals surface area (Å²) >= 11 is 0. The van der Waals surface area contributed by atoms with E-state index in [1.54, 1.807) is 0 Å². The third kappa shape index (κ3) is 6.02. The molecule has 0 aromatic rings. The molecule has 110 valence electrons. The third-order valence-corrected chi connectivity index (χ3v) is 2.92. The maximum absolute atomic E-state index is 11.3. The number of carbonyl (C=O) groups excluding carboxylic acids is 2. The lowest BCUT2D eigenvalue weighted by molar-refractivity contribution is -0.151. The quantitative estimate of drug-likeness (QED) is 0.460. The van der Waals surface area contributed by atoms with Crippen molar-refractivity contribution in [1.29, 1.82) is 0 Å². The van der Waals surface area contributed by atoms with Gasteiger partial charge in [-0.2, -0.15) is 0 Å². The van der Waals surface area contributed by atoms with Crippen LogP contribution < -0.4 is 0 Å². The predicted molar refractivity (Wildman–Crippen MR) is 66.5 cm³/mol. The Labute approximate surface area is 113 Å². The highest BCUT2D eigenvalue weighted by Gasteiger charge is 2.26. The number of esters is 2. The molecule has 1 aliphatic heterocycles. The fourth-order valence-corrected chi connectivity index (χ4v) is 1.49. The van der Waals surface area contributed by atoms with Gasteiger partial charge in [-0.3, -0.25) is 4.79 Å². The molecular weight excluding hydrogens is 252 g/mol. The molecule has 1 heterocycles. The summed E-state index contributed by atoms with van der Waals surface area (Å²) in [5.74, 6) is -0.574. The summed E-state index contributed by atoms with van der Waals surface area (Å²) in [7, 11) is 0. The Morgan fingerprint density at radius 2 is 2.11 bits per heavy atom. The molecule has 19 heavy (non-hydrogen) atoms. The van der Waals surface area contributed by atoms with Gasteiger partial charge in [-0.1, -0.05) is 13.8 Å². The second-order valence-corrected chi connectivity index (χ2v) is 4.40. The molecule has 1 aliphatic rings. The van der Waals surface area contributed by atoms with Crippen molar-refractivity contribution in [3.05, 3.63) is 0 Å². The molecule has 0 amide bonds. The van der Waals surface area contributed by atoms with Crippen LogP contribution in [0.5, 0.6) is 0 Å². The van der Waals surface area contributed by atoms with Crippen molar-refractivity contribution in [3.63, 3.8) is 0 Å². The highest BCUT2D eigenvalue weighted by molar-refractivity contribution is 5.76. The van der Waals surface area contributed by atoms with Gasteiger partial charge in [0.1, 0.15) is 6.61 Å². The fraction of sp³-hybridized carbons (Fsp3) is 0.846. The summed E-state index contributed by atoms with van der Waals surface area (Å²) < 4.78 is 20.3. The predicted octanol–water partition coefficient (Wildman–Crippen LogP) is 0.924. The Morgan fingerprint density at radius 3 is 2.74 bits per heavy atom. The molecule has 1 rings (SSSR count). The molecule has 0 radical (unpaired) electrons. The summed E-state index contributed by atoms with van der Waals surface area (Å²) in [6, 6.07) is 0. The number of hydrogen-bond acceptors (Lipinski definition) is 6. The molecule has 0 aromatic carbocycles. The van der Waals surface area contributed by atoms with Crippen molar-refractivity contribution in [2.45, 2.75) is 32.8 Å². The van der Waals surface area contributed by atoms with E-state index in [0.717, 1.165) is 6.42 Å². The highest BCUT2D eigenvalue weighted by Crippen LogP contribution is 2.09. The first kappa shape index (κ1) is 15.9. The minimum Gasteiger partial charge on any atom is -0.464 e. The van der Waals surface area contributed by atoms with Gasteiger partial charge in [0.2, 0.25) is 0 Å². The van der Waals surface area contributed by atoms with Crippen molar-refractivity contribution in [2.24, 2.45) is 5.92 Å². The monoisotopic (exact) mass is 274 g/mol. The molecule has 2 unspecified atom stereocenters. The molecule has 1 fully saturated rings. The standard InChI is InChI=1S/C13H22O6/c1-3-10(2)12(14)19-9-7-16-6-8-17-11-4-5-18-13(11)15/h10-11H,3-9H2,1-2H3. The lowest BCUT2D eigenvalue weighted by atomic mass is 10.1.